The molecule has 2 aromatic carbocycles. The van der Waals surface area contributed by atoms with Gasteiger partial charge in [-0.3, -0.25) is 9.20 Å². The minimum Gasteiger partial charge on any atom is -0.497 e. The Morgan fingerprint density at radius 2 is 2.07 bits per heavy atom. The Bertz CT molecular complexity index is 1240. The van der Waals surface area contributed by atoms with E-state index in [0.717, 1.165) is 22.2 Å². The van der Waals surface area contributed by atoms with E-state index in [9.17, 15) is 9.18 Å². The fourth-order valence-corrected chi connectivity index (χ4v) is 3.96. The molecular formula is C20H16ClFN4O2S. The number of nitrogens with zero attached hydrogens (tertiary/aromatic N) is 3. The van der Waals surface area contributed by atoms with E-state index in [1.54, 1.807) is 7.11 Å². The predicted octanol–water partition coefficient (Wildman–Crippen LogP) is 4.72. The van der Waals surface area contributed by atoms with Gasteiger partial charge < -0.3 is 10.1 Å². The summed E-state index contributed by atoms with van der Waals surface area (Å²) in [6, 6.07) is 11.8. The summed E-state index contributed by atoms with van der Waals surface area (Å²) in [5.41, 5.74) is 3.10. The maximum Gasteiger partial charge on any atom is 0.234 e. The number of nitrogens with one attached hydrogen (secondary N) is 1. The molecule has 1 N–H and O–H groups in total. The fourth-order valence-electron chi connectivity index (χ4n) is 3.02. The van der Waals surface area contributed by atoms with Crippen molar-refractivity contribution in [2.75, 3.05) is 18.2 Å². The van der Waals surface area contributed by atoms with Crippen molar-refractivity contribution in [3.8, 4) is 5.75 Å². The van der Waals surface area contributed by atoms with Crippen LogP contribution in [0.2, 0.25) is 5.02 Å². The van der Waals surface area contributed by atoms with Gasteiger partial charge in [-0.1, -0.05) is 23.4 Å². The molecule has 0 unspecified atom stereocenters. The number of amides is 1. The average Bonchev–Trinajstić information content (AvgIpc) is 3.12. The summed E-state index contributed by atoms with van der Waals surface area (Å²) in [5, 5.41) is 12.7. The molecule has 0 radical (unpaired) electrons. The van der Waals surface area contributed by atoms with Gasteiger partial charge in [0.15, 0.2) is 10.8 Å². The zero-order valence-corrected chi connectivity index (χ0v) is 17.1. The normalized spacial score (nSPS) is 11.2. The SMILES string of the molecule is COc1ccc2c(C)cc3nnc(SCC(=O)Nc4ccc(F)c(Cl)c4)n3c2c1. The molecule has 148 valence electrons. The van der Waals surface area contributed by atoms with E-state index in [1.807, 2.05) is 35.6 Å². The number of methoxy groups -OCH3 is 1. The number of aryl methyl sites for hydroxylation is 1. The minimum absolute atomic E-state index is 0.0466. The molecule has 0 aliphatic carbocycles. The van der Waals surface area contributed by atoms with Crippen LogP contribution in [0.25, 0.3) is 16.6 Å². The lowest BCUT2D eigenvalue weighted by molar-refractivity contribution is -0.113. The Balaban J connectivity index is 1.60. The lowest BCUT2D eigenvalue weighted by Crippen LogP contribution is -2.14. The number of thioether (sulfide) groups is 1. The maximum absolute atomic E-state index is 13.3. The van der Waals surface area contributed by atoms with Crippen molar-refractivity contribution >= 4 is 51.5 Å². The van der Waals surface area contributed by atoms with Crippen LogP contribution in [-0.4, -0.2) is 33.4 Å². The highest BCUT2D eigenvalue weighted by Gasteiger charge is 2.14. The van der Waals surface area contributed by atoms with Crippen LogP contribution in [0.1, 0.15) is 5.56 Å². The number of hydrogen-bond donors (Lipinski definition) is 1. The molecule has 4 aromatic rings. The summed E-state index contributed by atoms with van der Waals surface area (Å²) in [5.74, 6) is 0.0322. The lowest BCUT2D eigenvalue weighted by Gasteiger charge is -2.09. The molecule has 6 nitrogen and oxygen atoms in total. The Kier molecular flexibility index (Phi) is 5.29. The van der Waals surface area contributed by atoms with Gasteiger partial charge in [-0.15, -0.1) is 10.2 Å². The van der Waals surface area contributed by atoms with E-state index in [-0.39, 0.29) is 16.7 Å². The van der Waals surface area contributed by atoms with Crippen molar-refractivity contribution in [3.63, 3.8) is 0 Å². The molecule has 0 saturated heterocycles. The Morgan fingerprint density at radius 3 is 2.83 bits per heavy atom. The summed E-state index contributed by atoms with van der Waals surface area (Å²) in [4.78, 5) is 12.3. The van der Waals surface area contributed by atoms with Gasteiger partial charge in [0.25, 0.3) is 0 Å². The van der Waals surface area contributed by atoms with Crippen molar-refractivity contribution in [1.29, 1.82) is 0 Å². The number of rotatable bonds is 5. The number of carbonyl (C=O) groups is 1. The quantitative estimate of drug-likeness (QED) is 0.464. The number of aromatic nitrogens is 3. The molecule has 0 aliphatic heterocycles. The molecule has 0 bridgehead atoms. The summed E-state index contributed by atoms with van der Waals surface area (Å²) >= 11 is 7.01. The second-order valence-corrected chi connectivity index (χ2v) is 7.70. The Labute approximate surface area is 175 Å². The molecule has 0 aliphatic rings. The van der Waals surface area contributed by atoms with Crippen LogP contribution >= 0.6 is 23.4 Å². The highest BCUT2D eigenvalue weighted by Crippen LogP contribution is 2.28. The molecular weight excluding hydrogens is 415 g/mol. The van der Waals surface area contributed by atoms with Crippen molar-refractivity contribution in [2.24, 2.45) is 0 Å². The van der Waals surface area contributed by atoms with Crippen LogP contribution in [-0.2, 0) is 4.79 Å². The van der Waals surface area contributed by atoms with Crippen LogP contribution in [0.5, 0.6) is 5.75 Å². The average molecular weight is 431 g/mol. The van der Waals surface area contributed by atoms with Crippen molar-refractivity contribution in [3.05, 3.63) is 58.9 Å². The number of anilines is 1. The van der Waals surface area contributed by atoms with Crippen LogP contribution in [0, 0.1) is 12.7 Å². The summed E-state index contributed by atoms with van der Waals surface area (Å²) in [6.07, 6.45) is 0. The number of ether oxygens (including phenoxy) is 1. The Hall–Kier alpha value is -2.84. The summed E-state index contributed by atoms with van der Waals surface area (Å²) in [7, 11) is 1.61. The molecule has 0 spiro atoms. The maximum atomic E-state index is 13.3. The van der Waals surface area contributed by atoms with Crippen molar-refractivity contribution in [1.82, 2.24) is 14.6 Å². The van der Waals surface area contributed by atoms with Crippen LogP contribution in [0.3, 0.4) is 0 Å². The van der Waals surface area contributed by atoms with E-state index < -0.39 is 5.82 Å². The lowest BCUT2D eigenvalue weighted by atomic mass is 10.1. The largest absolute Gasteiger partial charge is 0.497 e. The number of fused-ring (bicyclic) bond motifs is 3. The van der Waals surface area contributed by atoms with Gasteiger partial charge in [0.2, 0.25) is 5.91 Å². The van der Waals surface area contributed by atoms with Gasteiger partial charge in [-0.05, 0) is 48.9 Å². The van der Waals surface area contributed by atoms with Crippen LogP contribution in [0.15, 0.2) is 47.6 Å². The first-order chi connectivity index (χ1) is 14.0. The first-order valence-corrected chi connectivity index (χ1v) is 10.0. The van der Waals surface area contributed by atoms with E-state index in [4.69, 9.17) is 16.3 Å². The third kappa shape index (κ3) is 3.86. The van der Waals surface area contributed by atoms with Crippen molar-refractivity contribution < 1.29 is 13.9 Å². The van der Waals surface area contributed by atoms with E-state index >= 15 is 0 Å². The second-order valence-electron chi connectivity index (χ2n) is 6.35. The number of hydrogen-bond acceptors (Lipinski definition) is 5. The molecule has 0 atom stereocenters. The predicted molar refractivity (Wildman–Crippen MR) is 113 cm³/mol. The third-order valence-corrected chi connectivity index (χ3v) is 5.63. The van der Waals surface area contributed by atoms with Gasteiger partial charge in [-0.2, -0.15) is 0 Å². The van der Waals surface area contributed by atoms with Gasteiger partial charge in [0.05, 0.1) is 23.4 Å². The molecule has 2 aromatic heterocycles. The zero-order chi connectivity index (χ0) is 20.5. The molecule has 1 amide bonds. The van der Waals surface area contributed by atoms with Crippen molar-refractivity contribution in [2.45, 2.75) is 12.1 Å². The summed E-state index contributed by atoms with van der Waals surface area (Å²) in [6.45, 7) is 2.01. The number of carbonyl (C=O) groups excluding carboxylic acids is 1. The first-order valence-electron chi connectivity index (χ1n) is 8.66. The summed E-state index contributed by atoms with van der Waals surface area (Å²) < 4.78 is 20.5. The van der Waals surface area contributed by atoms with Crippen LogP contribution in [0.4, 0.5) is 10.1 Å². The Morgan fingerprint density at radius 1 is 1.24 bits per heavy atom. The molecule has 9 heteroatoms. The van der Waals surface area contributed by atoms with Gasteiger partial charge >= 0.3 is 0 Å². The highest BCUT2D eigenvalue weighted by atomic mass is 35.5. The van der Waals surface area contributed by atoms with Gasteiger partial charge in [0.1, 0.15) is 11.6 Å². The standard InChI is InChI=1S/C20H16ClFN4O2S/c1-11-7-18-24-25-20(26(18)17-9-13(28-2)4-5-14(11)17)29-10-19(27)23-12-3-6-16(22)15(21)8-12/h3-9H,10H2,1-2H3,(H,23,27). The first kappa shape index (κ1) is 19.5. The van der Waals surface area contributed by atoms with Crippen LogP contribution < -0.4 is 10.1 Å². The topological polar surface area (TPSA) is 68.5 Å². The van der Waals surface area contributed by atoms with E-state index in [2.05, 4.69) is 15.5 Å². The zero-order valence-electron chi connectivity index (χ0n) is 15.6. The number of benzene rings is 2. The minimum atomic E-state index is -0.536. The highest BCUT2D eigenvalue weighted by molar-refractivity contribution is 7.99. The number of pyridine rings is 1. The third-order valence-electron chi connectivity index (χ3n) is 4.41. The second kappa shape index (κ2) is 7.88. The molecule has 0 saturated carbocycles. The molecule has 29 heavy (non-hydrogen) atoms. The molecule has 0 fully saturated rings. The smallest absolute Gasteiger partial charge is 0.234 e. The monoisotopic (exact) mass is 430 g/mol. The molecule has 2 heterocycles. The molecule has 4 rings (SSSR count). The van der Waals surface area contributed by atoms with Gasteiger partial charge in [0, 0.05) is 17.1 Å². The fraction of sp³-hybridized carbons (Fsp3) is 0.150. The van der Waals surface area contributed by atoms with E-state index in [1.165, 1.54) is 30.0 Å². The van der Waals surface area contributed by atoms with Gasteiger partial charge in [-0.25, -0.2) is 4.39 Å². The number of halogens is 2. The van der Waals surface area contributed by atoms with E-state index in [0.29, 0.717) is 16.5 Å².